The van der Waals surface area contributed by atoms with Crippen molar-refractivity contribution < 1.29 is 18.3 Å². The van der Waals surface area contributed by atoms with E-state index in [-0.39, 0.29) is 0 Å². The lowest BCUT2D eigenvalue weighted by atomic mass is 9.89. The van der Waals surface area contributed by atoms with Crippen molar-refractivity contribution in [3.63, 3.8) is 0 Å². The molecule has 6 heteroatoms. The van der Waals surface area contributed by atoms with Crippen LogP contribution in [-0.4, -0.2) is 22.6 Å². The number of imidazole rings is 1. The minimum atomic E-state index is -0.928. The molecule has 1 aliphatic rings. The molecule has 0 amide bonds. The van der Waals surface area contributed by atoms with Gasteiger partial charge < -0.3 is 9.30 Å². The standard InChI is InChI=1S/C22H22F2N2O2/c1-28-22(27)16-10-6-5-9-15(16)21-25-19-11-17(23)18(24)12-20(19)26(21)13-14-7-3-2-4-8-14/h5-6,9-12,14H,2-4,7-8,13H2,1H3. The zero-order chi connectivity index (χ0) is 19.7. The summed E-state index contributed by atoms with van der Waals surface area (Å²) in [4.78, 5) is 16.8. The van der Waals surface area contributed by atoms with E-state index in [1.807, 2.05) is 10.6 Å². The first kappa shape index (κ1) is 18.6. The van der Waals surface area contributed by atoms with Crippen LogP contribution < -0.4 is 0 Å². The van der Waals surface area contributed by atoms with E-state index >= 15 is 0 Å². The van der Waals surface area contributed by atoms with Crippen molar-refractivity contribution in [2.45, 2.75) is 38.6 Å². The van der Waals surface area contributed by atoms with E-state index in [4.69, 9.17) is 4.74 Å². The molecule has 0 N–H and O–H groups in total. The Kier molecular flexibility index (Phi) is 5.11. The second kappa shape index (κ2) is 7.70. The van der Waals surface area contributed by atoms with Crippen molar-refractivity contribution in [3.8, 4) is 11.4 Å². The van der Waals surface area contributed by atoms with Crippen molar-refractivity contribution in [2.75, 3.05) is 7.11 Å². The summed E-state index contributed by atoms with van der Waals surface area (Å²) < 4.78 is 34.6. The third-order valence-electron chi connectivity index (χ3n) is 5.53. The summed E-state index contributed by atoms with van der Waals surface area (Å²) in [5.41, 5.74) is 1.90. The molecular formula is C22H22F2N2O2. The maximum absolute atomic E-state index is 14.0. The molecule has 1 fully saturated rings. The molecule has 146 valence electrons. The molecule has 3 aromatic rings. The predicted molar refractivity (Wildman–Crippen MR) is 103 cm³/mol. The number of rotatable bonds is 4. The monoisotopic (exact) mass is 384 g/mol. The fourth-order valence-electron chi connectivity index (χ4n) is 4.10. The molecule has 2 aromatic carbocycles. The van der Waals surface area contributed by atoms with Gasteiger partial charge in [-0.2, -0.15) is 0 Å². The minimum Gasteiger partial charge on any atom is -0.465 e. The van der Waals surface area contributed by atoms with E-state index < -0.39 is 17.6 Å². The van der Waals surface area contributed by atoms with Crippen LogP contribution in [0.15, 0.2) is 36.4 Å². The summed E-state index contributed by atoms with van der Waals surface area (Å²) in [7, 11) is 1.33. The van der Waals surface area contributed by atoms with Crippen LogP contribution in [0.4, 0.5) is 8.78 Å². The number of carbonyl (C=O) groups excluding carboxylic acids is 1. The summed E-state index contributed by atoms with van der Waals surface area (Å²) in [5.74, 6) is -1.31. The number of hydrogen-bond donors (Lipinski definition) is 0. The van der Waals surface area contributed by atoms with E-state index in [1.165, 1.54) is 32.4 Å². The molecule has 0 spiro atoms. The minimum absolute atomic E-state index is 0.379. The third-order valence-corrected chi connectivity index (χ3v) is 5.53. The number of ether oxygens (including phenoxy) is 1. The Balaban J connectivity index is 1.90. The quantitative estimate of drug-likeness (QED) is 0.570. The molecule has 4 nitrogen and oxygen atoms in total. The Morgan fingerprint density at radius 1 is 1.14 bits per heavy atom. The summed E-state index contributed by atoms with van der Waals surface area (Å²) in [6.45, 7) is 0.659. The number of methoxy groups -OCH3 is 1. The molecule has 0 bridgehead atoms. The van der Waals surface area contributed by atoms with E-state index in [1.54, 1.807) is 18.2 Å². The number of esters is 1. The highest BCUT2D eigenvalue weighted by Gasteiger charge is 2.23. The zero-order valence-electron chi connectivity index (χ0n) is 15.8. The molecule has 1 aromatic heterocycles. The number of carbonyl (C=O) groups is 1. The van der Waals surface area contributed by atoms with Crippen molar-refractivity contribution in [3.05, 3.63) is 53.6 Å². The van der Waals surface area contributed by atoms with Gasteiger partial charge in [0.25, 0.3) is 0 Å². The Labute approximate surface area is 162 Å². The van der Waals surface area contributed by atoms with Gasteiger partial charge in [-0.15, -0.1) is 0 Å². The van der Waals surface area contributed by atoms with Gasteiger partial charge >= 0.3 is 5.97 Å². The first-order valence-corrected chi connectivity index (χ1v) is 9.61. The highest BCUT2D eigenvalue weighted by atomic mass is 19.2. The van der Waals surface area contributed by atoms with Gasteiger partial charge in [0.05, 0.1) is 23.7 Å². The maximum atomic E-state index is 14.0. The van der Waals surface area contributed by atoms with Crippen molar-refractivity contribution in [1.29, 1.82) is 0 Å². The van der Waals surface area contributed by atoms with Crippen LogP contribution >= 0.6 is 0 Å². The molecule has 0 aliphatic heterocycles. The maximum Gasteiger partial charge on any atom is 0.338 e. The Hall–Kier alpha value is -2.76. The van der Waals surface area contributed by atoms with Crippen molar-refractivity contribution in [1.82, 2.24) is 9.55 Å². The number of fused-ring (bicyclic) bond motifs is 1. The molecule has 0 saturated heterocycles. The summed E-state index contributed by atoms with van der Waals surface area (Å²) in [6.07, 6.45) is 5.78. The van der Waals surface area contributed by atoms with Crippen LogP contribution in [0.1, 0.15) is 42.5 Å². The van der Waals surface area contributed by atoms with Crippen LogP contribution in [0.2, 0.25) is 0 Å². The van der Waals surface area contributed by atoms with Crippen molar-refractivity contribution >= 4 is 17.0 Å². The Morgan fingerprint density at radius 3 is 2.61 bits per heavy atom. The van der Waals surface area contributed by atoms with Gasteiger partial charge in [-0.1, -0.05) is 37.5 Å². The summed E-state index contributed by atoms with van der Waals surface area (Å²) in [5, 5.41) is 0. The Bertz CT molecular complexity index is 1020. The van der Waals surface area contributed by atoms with Crippen molar-refractivity contribution in [2.24, 2.45) is 5.92 Å². The second-order valence-electron chi connectivity index (χ2n) is 7.34. The lowest BCUT2D eigenvalue weighted by molar-refractivity contribution is 0.0601. The zero-order valence-corrected chi connectivity index (χ0v) is 15.8. The van der Waals surface area contributed by atoms with Crippen LogP contribution in [0, 0.1) is 17.6 Å². The number of benzene rings is 2. The lowest BCUT2D eigenvalue weighted by Crippen LogP contribution is -2.15. The SMILES string of the molecule is COC(=O)c1ccccc1-c1nc2cc(F)c(F)cc2n1CC1CCCCC1. The van der Waals surface area contributed by atoms with Crippen LogP contribution in [0.25, 0.3) is 22.4 Å². The van der Waals surface area contributed by atoms with E-state index in [2.05, 4.69) is 4.98 Å². The van der Waals surface area contributed by atoms with Crippen LogP contribution in [-0.2, 0) is 11.3 Å². The molecule has 1 aliphatic carbocycles. The number of aromatic nitrogens is 2. The van der Waals surface area contributed by atoms with Gasteiger partial charge in [0, 0.05) is 24.2 Å². The second-order valence-corrected chi connectivity index (χ2v) is 7.34. The fraction of sp³-hybridized carbons (Fsp3) is 0.364. The Morgan fingerprint density at radius 2 is 1.86 bits per heavy atom. The number of nitrogens with zero attached hydrogens (tertiary/aromatic N) is 2. The van der Waals surface area contributed by atoms with Gasteiger partial charge in [-0.05, 0) is 24.8 Å². The van der Waals surface area contributed by atoms with Gasteiger partial charge in [-0.25, -0.2) is 18.6 Å². The number of halogens is 2. The third kappa shape index (κ3) is 3.39. The van der Waals surface area contributed by atoms with Gasteiger partial charge in [0.15, 0.2) is 11.6 Å². The molecular weight excluding hydrogens is 362 g/mol. The first-order valence-electron chi connectivity index (χ1n) is 9.61. The van der Waals surface area contributed by atoms with Gasteiger partial charge in [0.2, 0.25) is 0 Å². The predicted octanol–water partition coefficient (Wildman–Crippen LogP) is 5.35. The molecule has 4 rings (SSSR count). The van der Waals surface area contributed by atoms with E-state index in [0.29, 0.717) is 40.4 Å². The molecule has 1 saturated carbocycles. The highest BCUT2D eigenvalue weighted by molar-refractivity contribution is 5.97. The number of hydrogen-bond acceptors (Lipinski definition) is 3. The smallest absolute Gasteiger partial charge is 0.338 e. The van der Waals surface area contributed by atoms with E-state index in [0.717, 1.165) is 18.9 Å². The topological polar surface area (TPSA) is 44.1 Å². The summed E-state index contributed by atoms with van der Waals surface area (Å²) in [6, 6.07) is 9.34. The van der Waals surface area contributed by atoms with Gasteiger partial charge in [-0.3, -0.25) is 0 Å². The van der Waals surface area contributed by atoms with E-state index in [9.17, 15) is 13.6 Å². The molecule has 28 heavy (non-hydrogen) atoms. The highest BCUT2D eigenvalue weighted by Crippen LogP contribution is 2.33. The normalized spacial score (nSPS) is 15.1. The molecule has 0 radical (unpaired) electrons. The molecule has 1 heterocycles. The summed E-state index contributed by atoms with van der Waals surface area (Å²) >= 11 is 0. The first-order chi connectivity index (χ1) is 13.6. The van der Waals surface area contributed by atoms with Crippen LogP contribution in [0.5, 0.6) is 0 Å². The van der Waals surface area contributed by atoms with Gasteiger partial charge in [0.1, 0.15) is 5.82 Å². The average molecular weight is 384 g/mol. The largest absolute Gasteiger partial charge is 0.465 e. The fourth-order valence-corrected chi connectivity index (χ4v) is 4.10. The average Bonchev–Trinajstić information content (AvgIpc) is 3.05. The lowest BCUT2D eigenvalue weighted by Gasteiger charge is -2.23. The molecule has 0 unspecified atom stereocenters. The molecule has 0 atom stereocenters. The van der Waals surface area contributed by atoms with Crippen LogP contribution in [0.3, 0.4) is 0 Å².